The first-order valence-corrected chi connectivity index (χ1v) is 15.7. The van der Waals surface area contributed by atoms with Gasteiger partial charge < -0.3 is 24.2 Å². The van der Waals surface area contributed by atoms with E-state index in [1.165, 1.54) is 33.4 Å². The molecule has 0 fully saturated rings. The minimum atomic E-state index is -4.26. The second-order valence-corrected chi connectivity index (χ2v) is 12.3. The third-order valence-corrected chi connectivity index (χ3v) is 8.19. The summed E-state index contributed by atoms with van der Waals surface area (Å²) < 4.78 is 50.4. The summed E-state index contributed by atoms with van der Waals surface area (Å²) in [5, 5.41) is 9.36. The van der Waals surface area contributed by atoms with E-state index in [2.05, 4.69) is 9.62 Å². The SMILES string of the molecule is CCCOc1cc(OCCCCN(C)C)cc(Oc2cc3c(cc2NS(=O)(=O)c2cccc(C(=O)O)c2)n(C)c(=O)n3C)c1. The average Bonchev–Trinajstić information content (AvgIpc) is 3.18. The molecule has 1 aromatic heterocycles. The quantitative estimate of drug-likeness (QED) is 0.180. The Balaban J connectivity index is 1.74. The molecule has 236 valence electrons. The van der Waals surface area contributed by atoms with Crippen molar-refractivity contribution in [3.8, 4) is 23.0 Å². The number of sulfonamides is 1. The number of nitrogens with one attached hydrogen (secondary N) is 1. The van der Waals surface area contributed by atoms with Crippen molar-refractivity contribution in [1.82, 2.24) is 14.0 Å². The molecule has 12 nitrogen and oxygen atoms in total. The summed E-state index contributed by atoms with van der Waals surface area (Å²) in [4.78, 5) is 26.0. The van der Waals surface area contributed by atoms with Crippen LogP contribution in [0.2, 0.25) is 0 Å². The number of unbranched alkanes of at least 4 members (excludes halogenated alkanes) is 1. The molecular formula is C31H38N4O8S. The van der Waals surface area contributed by atoms with Crippen LogP contribution in [0.15, 0.2) is 64.3 Å². The Morgan fingerprint density at radius 3 is 2.18 bits per heavy atom. The summed E-state index contributed by atoms with van der Waals surface area (Å²) in [5.74, 6) is 0.233. The molecule has 2 N–H and O–H groups in total. The number of carboxylic acids is 1. The molecule has 0 amide bonds. The number of imidazole rings is 1. The molecule has 1 heterocycles. The topological polar surface area (TPSA) is 141 Å². The normalized spacial score (nSPS) is 11.6. The van der Waals surface area contributed by atoms with E-state index in [0.717, 1.165) is 31.9 Å². The number of hydrogen-bond donors (Lipinski definition) is 2. The maximum atomic E-state index is 13.4. The second-order valence-electron chi connectivity index (χ2n) is 10.6. The molecule has 0 aliphatic carbocycles. The lowest BCUT2D eigenvalue weighted by atomic mass is 10.2. The van der Waals surface area contributed by atoms with Gasteiger partial charge in [0, 0.05) is 38.4 Å². The highest BCUT2D eigenvalue weighted by atomic mass is 32.2. The summed E-state index contributed by atoms with van der Waals surface area (Å²) in [6, 6.07) is 13.2. The van der Waals surface area contributed by atoms with Gasteiger partial charge in [-0.05, 0) is 64.2 Å². The Hall–Kier alpha value is -4.49. The molecule has 0 spiro atoms. The standard InChI is InChI=1S/C31H38N4O8S/c1-6-13-41-22-16-23(42-14-8-7-12-33(2)3)18-24(17-22)43-29-20-28-27(34(4)31(38)35(28)5)19-26(29)32-44(39,40)25-11-9-10-21(15-25)30(36)37/h9-11,15-20,32H,6-8,12-14H2,1-5H3,(H,36,37). The van der Waals surface area contributed by atoms with E-state index in [0.29, 0.717) is 41.5 Å². The van der Waals surface area contributed by atoms with E-state index in [4.69, 9.17) is 14.2 Å². The van der Waals surface area contributed by atoms with Gasteiger partial charge in [-0.25, -0.2) is 18.0 Å². The van der Waals surface area contributed by atoms with Gasteiger partial charge in [0.1, 0.15) is 17.2 Å². The van der Waals surface area contributed by atoms with E-state index in [1.54, 1.807) is 38.4 Å². The molecule has 0 saturated heterocycles. The highest BCUT2D eigenvalue weighted by Crippen LogP contribution is 2.38. The number of anilines is 1. The zero-order chi connectivity index (χ0) is 32.0. The molecular weight excluding hydrogens is 588 g/mol. The molecule has 0 unspecified atom stereocenters. The molecule has 13 heteroatoms. The Morgan fingerprint density at radius 2 is 1.55 bits per heavy atom. The van der Waals surface area contributed by atoms with Crippen LogP contribution in [0.4, 0.5) is 5.69 Å². The third kappa shape index (κ3) is 7.71. The minimum absolute atomic E-state index is 0.0467. The molecule has 0 radical (unpaired) electrons. The van der Waals surface area contributed by atoms with Crippen LogP contribution in [0, 0.1) is 0 Å². The number of ether oxygens (including phenoxy) is 3. The van der Waals surface area contributed by atoms with Crippen LogP contribution in [-0.2, 0) is 24.1 Å². The summed E-state index contributed by atoms with van der Waals surface area (Å²) >= 11 is 0. The molecule has 4 aromatic rings. The second kappa shape index (κ2) is 13.9. The van der Waals surface area contributed by atoms with E-state index < -0.39 is 16.0 Å². The lowest BCUT2D eigenvalue weighted by molar-refractivity contribution is 0.0696. The lowest BCUT2D eigenvalue weighted by Gasteiger charge is -2.17. The number of aryl methyl sites for hydroxylation is 2. The van der Waals surface area contributed by atoms with Crippen molar-refractivity contribution in [3.63, 3.8) is 0 Å². The van der Waals surface area contributed by atoms with Gasteiger partial charge in [-0.1, -0.05) is 13.0 Å². The lowest BCUT2D eigenvalue weighted by Crippen LogP contribution is -2.19. The number of aromatic nitrogens is 2. The first-order valence-electron chi connectivity index (χ1n) is 14.2. The Kier molecular flexibility index (Phi) is 10.2. The van der Waals surface area contributed by atoms with E-state index in [1.807, 2.05) is 21.0 Å². The average molecular weight is 627 g/mol. The molecule has 0 aliphatic rings. The molecule has 44 heavy (non-hydrogen) atoms. The van der Waals surface area contributed by atoms with Crippen molar-refractivity contribution >= 4 is 32.7 Å². The van der Waals surface area contributed by atoms with Gasteiger partial charge in [-0.2, -0.15) is 0 Å². The number of carbonyl (C=O) groups is 1. The smallest absolute Gasteiger partial charge is 0.335 e. The molecule has 0 aliphatic heterocycles. The zero-order valence-corrected chi connectivity index (χ0v) is 26.3. The molecule has 0 saturated carbocycles. The van der Waals surface area contributed by atoms with Crippen molar-refractivity contribution in [1.29, 1.82) is 0 Å². The van der Waals surface area contributed by atoms with Crippen LogP contribution in [0.3, 0.4) is 0 Å². The first-order chi connectivity index (χ1) is 20.9. The number of aromatic carboxylic acids is 1. The van der Waals surface area contributed by atoms with Crippen molar-refractivity contribution in [2.45, 2.75) is 31.1 Å². The number of carboxylic acid groups (broad SMARTS) is 1. The number of rotatable bonds is 15. The summed E-state index contributed by atoms with van der Waals surface area (Å²) in [7, 11) is 2.96. The van der Waals surface area contributed by atoms with Gasteiger partial charge in [-0.15, -0.1) is 0 Å². The van der Waals surface area contributed by atoms with E-state index >= 15 is 0 Å². The molecule has 4 rings (SSSR count). The number of benzene rings is 3. The van der Waals surface area contributed by atoms with Gasteiger partial charge >= 0.3 is 11.7 Å². The summed E-state index contributed by atoms with van der Waals surface area (Å²) in [6.45, 7) is 3.90. The highest BCUT2D eigenvalue weighted by Gasteiger charge is 2.22. The fourth-order valence-electron chi connectivity index (χ4n) is 4.53. The fraction of sp³-hybridized carbons (Fsp3) is 0.355. The third-order valence-electron chi connectivity index (χ3n) is 6.83. The van der Waals surface area contributed by atoms with Crippen LogP contribution in [-0.4, -0.2) is 67.4 Å². The highest BCUT2D eigenvalue weighted by molar-refractivity contribution is 7.92. The molecule has 0 bridgehead atoms. The number of fused-ring (bicyclic) bond motifs is 1. The zero-order valence-electron chi connectivity index (χ0n) is 25.5. The van der Waals surface area contributed by atoms with Gasteiger partial charge in [0.15, 0.2) is 5.75 Å². The fourth-order valence-corrected chi connectivity index (χ4v) is 5.64. The van der Waals surface area contributed by atoms with Gasteiger partial charge in [-0.3, -0.25) is 13.9 Å². The summed E-state index contributed by atoms with van der Waals surface area (Å²) in [5.41, 5.74) is 0.538. The van der Waals surface area contributed by atoms with Gasteiger partial charge in [0.25, 0.3) is 10.0 Å². The number of hydrogen-bond acceptors (Lipinski definition) is 8. The monoisotopic (exact) mass is 626 g/mol. The van der Waals surface area contributed by atoms with Crippen LogP contribution >= 0.6 is 0 Å². The van der Waals surface area contributed by atoms with Crippen LogP contribution in [0.5, 0.6) is 23.0 Å². The van der Waals surface area contributed by atoms with Crippen molar-refractivity contribution < 1.29 is 32.5 Å². The maximum absolute atomic E-state index is 13.4. The largest absolute Gasteiger partial charge is 0.493 e. The Labute approximate surface area is 256 Å². The predicted molar refractivity (Wildman–Crippen MR) is 168 cm³/mol. The molecule has 3 aromatic carbocycles. The Bertz CT molecular complexity index is 1810. The van der Waals surface area contributed by atoms with E-state index in [-0.39, 0.29) is 27.6 Å². The van der Waals surface area contributed by atoms with Crippen molar-refractivity contribution in [3.05, 3.63) is 70.6 Å². The minimum Gasteiger partial charge on any atom is -0.493 e. The number of nitrogens with zero attached hydrogens (tertiary/aromatic N) is 3. The van der Waals surface area contributed by atoms with Crippen molar-refractivity contribution in [2.24, 2.45) is 14.1 Å². The first kappa shape index (κ1) is 32.4. The predicted octanol–water partition coefficient (Wildman–Crippen LogP) is 4.68. The summed E-state index contributed by atoms with van der Waals surface area (Å²) in [6.07, 6.45) is 2.61. The maximum Gasteiger partial charge on any atom is 0.335 e. The Morgan fingerprint density at radius 1 is 0.909 bits per heavy atom. The molecule has 0 atom stereocenters. The van der Waals surface area contributed by atoms with Crippen molar-refractivity contribution in [2.75, 3.05) is 38.6 Å². The van der Waals surface area contributed by atoms with Crippen LogP contribution in [0.25, 0.3) is 11.0 Å². The van der Waals surface area contributed by atoms with Crippen LogP contribution < -0.4 is 24.6 Å². The van der Waals surface area contributed by atoms with E-state index in [9.17, 15) is 23.1 Å². The van der Waals surface area contributed by atoms with Gasteiger partial charge in [0.05, 0.1) is 40.4 Å². The van der Waals surface area contributed by atoms with Crippen LogP contribution in [0.1, 0.15) is 36.5 Å². The van der Waals surface area contributed by atoms with Gasteiger partial charge in [0.2, 0.25) is 0 Å².